The lowest BCUT2D eigenvalue weighted by Crippen LogP contribution is -2.29. The van der Waals surface area contributed by atoms with Gasteiger partial charge in [-0.15, -0.1) is 0 Å². The summed E-state index contributed by atoms with van der Waals surface area (Å²) in [4.78, 5) is 28.7. The van der Waals surface area contributed by atoms with Crippen molar-refractivity contribution in [2.45, 2.75) is 71.3 Å². The standard InChI is InChI=1S/C18H29N3O3S2.C2H6/c1-18(2,26-25-4)8-7-17(23)21(3)9-5-6-14-10-15(12-19-24)20-16(11-14)13-22;1-2/h10-11,22H,5-9,12-13H2,1-4H3;1-2H3. The number of aliphatic hydroxyl groups is 1. The summed E-state index contributed by atoms with van der Waals surface area (Å²) in [5, 5.41) is 12.1. The van der Waals surface area contributed by atoms with E-state index in [2.05, 4.69) is 30.3 Å². The van der Waals surface area contributed by atoms with E-state index < -0.39 is 0 Å². The molecule has 0 saturated carbocycles. The number of nitrogens with zero attached hydrogens (tertiary/aromatic N) is 3. The van der Waals surface area contributed by atoms with Crippen molar-refractivity contribution < 1.29 is 9.90 Å². The fourth-order valence-electron chi connectivity index (χ4n) is 2.60. The molecule has 1 aromatic heterocycles. The van der Waals surface area contributed by atoms with Gasteiger partial charge in [0.25, 0.3) is 0 Å². The molecule has 0 spiro atoms. The molecule has 0 saturated heterocycles. The number of carbonyl (C=O) groups excluding carboxylic acids is 1. The van der Waals surface area contributed by atoms with Gasteiger partial charge in [-0.2, -0.15) is 4.91 Å². The fraction of sp³-hybridized carbons (Fsp3) is 0.700. The number of nitroso groups, excluding NO2 is 1. The Hall–Kier alpha value is -1.12. The maximum atomic E-state index is 12.3. The third-order valence-electron chi connectivity index (χ3n) is 4.01. The smallest absolute Gasteiger partial charge is 0.222 e. The Balaban J connectivity index is 0.00000352. The van der Waals surface area contributed by atoms with E-state index in [9.17, 15) is 14.8 Å². The summed E-state index contributed by atoms with van der Waals surface area (Å²) in [5.41, 5.74) is 2.11. The fourth-order valence-corrected chi connectivity index (χ4v) is 4.84. The molecule has 0 aliphatic carbocycles. The van der Waals surface area contributed by atoms with E-state index in [0.29, 0.717) is 24.4 Å². The second kappa shape index (κ2) is 14.8. The molecule has 1 heterocycles. The monoisotopic (exact) mass is 429 g/mol. The van der Waals surface area contributed by atoms with E-state index in [0.717, 1.165) is 24.8 Å². The van der Waals surface area contributed by atoms with Gasteiger partial charge < -0.3 is 10.0 Å². The summed E-state index contributed by atoms with van der Waals surface area (Å²) in [6, 6.07) is 3.67. The van der Waals surface area contributed by atoms with Gasteiger partial charge in [0.05, 0.1) is 18.0 Å². The highest BCUT2D eigenvalue weighted by Crippen LogP contribution is 2.37. The van der Waals surface area contributed by atoms with Crippen LogP contribution in [0.4, 0.5) is 0 Å². The van der Waals surface area contributed by atoms with Crippen molar-refractivity contribution in [1.82, 2.24) is 9.88 Å². The van der Waals surface area contributed by atoms with E-state index in [1.54, 1.807) is 26.5 Å². The summed E-state index contributed by atoms with van der Waals surface area (Å²) in [6.45, 7) is 8.84. The van der Waals surface area contributed by atoms with Gasteiger partial charge in [0.15, 0.2) is 0 Å². The maximum absolute atomic E-state index is 12.3. The second-order valence-corrected chi connectivity index (χ2v) is 9.94. The second-order valence-electron chi connectivity index (χ2n) is 6.83. The number of aliphatic hydroxyl groups excluding tert-OH is 1. The molecule has 1 amide bonds. The molecule has 0 unspecified atom stereocenters. The van der Waals surface area contributed by atoms with Gasteiger partial charge in [0.2, 0.25) is 5.91 Å². The Morgan fingerprint density at radius 1 is 1.29 bits per heavy atom. The van der Waals surface area contributed by atoms with Crippen LogP contribution >= 0.6 is 21.6 Å². The molecule has 160 valence electrons. The number of aromatic nitrogens is 1. The molecule has 0 atom stereocenters. The molecule has 0 aromatic carbocycles. The summed E-state index contributed by atoms with van der Waals surface area (Å²) in [6.07, 6.45) is 5.03. The first-order valence-corrected chi connectivity index (χ1v) is 12.2. The number of carbonyl (C=O) groups is 1. The van der Waals surface area contributed by atoms with Crippen molar-refractivity contribution in [3.05, 3.63) is 34.0 Å². The Bertz CT molecular complexity index is 598. The number of hydrogen-bond donors (Lipinski definition) is 1. The Kier molecular flexibility index (Phi) is 14.2. The first-order chi connectivity index (χ1) is 13.3. The predicted molar refractivity (Wildman–Crippen MR) is 121 cm³/mol. The molecule has 8 heteroatoms. The zero-order valence-corrected chi connectivity index (χ0v) is 19.7. The highest BCUT2D eigenvalue weighted by Gasteiger charge is 2.20. The molecule has 0 bridgehead atoms. The number of hydrogen-bond acceptors (Lipinski definition) is 7. The molecular formula is C20H35N3O3S2. The molecule has 1 rings (SSSR count). The first-order valence-electron chi connectivity index (χ1n) is 9.65. The van der Waals surface area contributed by atoms with E-state index in [1.165, 1.54) is 0 Å². The van der Waals surface area contributed by atoms with Crippen LogP contribution in [-0.4, -0.2) is 45.5 Å². The van der Waals surface area contributed by atoms with Crippen molar-refractivity contribution >= 4 is 27.5 Å². The molecule has 1 aromatic rings. The third kappa shape index (κ3) is 11.0. The summed E-state index contributed by atoms with van der Waals surface area (Å²) >= 11 is 0. The quantitative estimate of drug-likeness (QED) is 0.378. The van der Waals surface area contributed by atoms with Gasteiger partial charge in [-0.3, -0.25) is 9.78 Å². The number of amides is 1. The maximum Gasteiger partial charge on any atom is 0.222 e. The highest BCUT2D eigenvalue weighted by molar-refractivity contribution is 8.76. The number of pyridine rings is 1. The van der Waals surface area contributed by atoms with E-state index >= 15 is 0 Å². The van der Waals surface area contributed by atoms with Gasteiger partial charge in [0, 0.05) is 24.8 Å². The highest BCUT2D eigenvalue weighted by atomic mass is 33.1. The zero-order chi connectivity index (χ0) is 21.6. The van der Waals surface area contributed by atoms with E-state index in [4.69, 9.17) is 0 Å². The van der Waals surface area contributed by atoms with Gasteiger partial charge in [-0.1, -0.05) is 40.6 Å². The molecule has 28 heavy (non-hydrogen) atoms. The molecule has 6 nitrogen and oxygen atoms in total. The molecular weight excluding hydrogens is 394 g/mol. The minimum Gasteiger partial charge on any atom is -0.390 e. The Morgan fingerprint density at radius 3 is 2.50 bits per heavy atom. The normalized spacial score (nSPS) is 10.8. The van der Waals surface area contributed by atoms with E-state index in [1.807, 2.05) is 33.0 Å². The van der Waals surface area contributed by atoms with Crippen LogP contribution in [0.25, 0.3) is 0 Å². The summed E-state index contributed by atoms with van der Waals surface area (Å²) < 4.78 is 0.0939. The van der Waals surface area contributed by atoms with Crippen LogP contribution < -0.4 is 0 Å². The molecule has 0 aliphatic rings. The summed E-state index contributed by atoms with van der Waals surface area (Å²) in [7, 11) is 5.37. The average molecular weight is 430 g/mol. The molecule has 1 N–H and O–H groups in total. The average Bonchev–Trinajstić information content (AvgIpc) is 2.67. The molecule has 0 aliphatic heterocycles. The van der Waals surface area contributed by atoms with Crippen molar-refractivity contribution in [1.29, 1.82) is 0 Å². The van der Waals surface area contributed by atoms with Crippen LogP contribution in [-0.2, 0) is 24.4 Å². The topological polar surface area (TPSA) is 82.9 Å². The Labute approximate surface area is 177 Å². The minimum absolute atomic E-state index is 0.00305. The number of rotatable bonds is 12. The predicted octanol–water partition coefficient (Wildman–Crippen LogP) is 4.83. The van der Waals surface area contributed by atoms with Crippen LogP contribution in [0.5, 0.6) is 0 Å². The van der Waals surface area contributed by atoms with Gasteiger partial charge in [-0.05, 0) is 57.1 Å². The lowest BCUT2D eigenvalue weighted by molar-refractivity contribution is -0.130. The minimum atomic E-state index is -0.165. The van der Waals surface area contributed by atoms with Crippen molar-refractivity contribution in [3.8, 4) is 0 Å². The van der Waals surface area contributed by atoms with Gasteiger partial charge >= 0.3 is 0 Å². The summed E-state index contributed by atoms with van der Waals surface area (Å²) in [5.74, 6) is 0.163. The third-order valence-corrected chi connectivity index (χ3v) is 6.69. The van der Waals surface area contributed by atoms with Crippen molar-refractivity contribution in [2.24, 2.45) is 5.18 Å². The lowest BCUT2D eigenvalue weighted by atomic mass is 10.1. The lowest BCUT2D eigenvalue weighted by Gasteiger charge is -2.24. The van der Waals surface area contributed by atoms with Crippen LogP contribution in [0.15, 0.2) is 17.3 Å². The van der Waals surface area contributed by atoms with Crippen LogP contribution in [0.2, 0.25) is 0 Å². The van der Waals surface area contributed by atoms with Crippen LogP contribution in [0, 0.1) is 4.91 Å². The number of aryl methyl sites for hydroxylation is 1. The van der Waals surface area contributed by atoms with Crippen LogP contribution in [0.3, 0.4) is 0 Å². The van der Waals surface area contributed by atoms with Gasteiger partial charge in [0.1, 0.15) is 6.54 Å². The zero-order valence-electron chi connectivity index (χ0n) is 18.0. The van der Waals surface area contributed by atoms with Crippen molar-refractivity contribution in [3.63, 3.8) is 0 Å². The Morgan fingerprint density at radius 2 is 1.93 bits per heavy atom. The van der Waals surface area contributed by atoms with Gasteiger partial charge in [-0.25, -0.2) is 0 Å². The molecule has 0 fully saturated rings. The SMILES string of the molecule is CC.CSSC(C)(C)CCC(=O)N(C)CCCc1cc(CO)nc(CN=O)c1. The van der Waals surface area contributed by atoms with Crippen molar-refractivity contribution in [2.75, 3.05) is 19.8 Å². The van der Waals surface area contributed by atoms with E-state index in [-0.39, 0.29) is 23.8 Å². The molecule has 0 radical (unpaired) electrons. The van der Waals surface area contributed by atoms with Crippen LogP contribution in [0.1, 0.15) is 63.9 Å². The largest absolute Gasteiger partial charge is 0.390 e. The first kappa shape index (κ1) is 26.9.